The molecule has 4 rings (SSSR count). The normalized spacial score (nSPS) is 33.9. The van der Waals surface area contributed by atoms with E-state index < -0.39 is 23.5 Å². The van der Waals surface area contributed by atoms with Crippen molar-refractivity contribution in [3.05, 3.63) is 33.6 Å². The van der Waals surface area contributed by atoms with E-state index in [1.165, 1.54) is 12.1 Å². The van der Waals surface area contributed by atoms with E-state index in [0.29, 0.717) is 5.56 Å². The monoisotopic (exact) mass is 297 g/mol. The van der Waals surface area contributed by atoms with Gasteiger partial charge < -0.3 is 12.9 Å². The molecule has 1 aromatic rings. The Labute approximate surface area is 111 Å². The van der Waals surface area contributed by atoms with Crippen molar-refractivity contribution in [2.24, 2.45) is 0 Å². The predicted molar refractivity (Wildman–Crippen MR) is 63.7 cm³/mol. The highest BCUT2D eigenvalue weighted by Gasteiger charge is 2.74. The molecule has 0 radical (unpaired) electrons. The van der Waals surface area contributed by atoms with Crippen LogP contribution in [0.25, 0.3) is 0 Å². The Morgan fingerprint density at radius 3 is 1.83 bits per heavy atom. The summed E-state index contributed by atoms with van der Waals surface area (Å²) in [6.07, 6.45) is 0.255. The molecular formula is C11H8BCl2F4-. The van der Waals surface area contributed by atoms with Crippen molar-refractivity contribution in [1.82, 2.24) is 0 Å². The van der Waals surface area contributed by atoms with Crippen LogP contribution in [0.5, 0.6) is 0 Å². The number of rotatable bonds is 2. The van der Waals surface area contributed by atoms with Gasteiger partial charge in [-0.3, -0.25) is 0 Å². The second-order valence-electron chi connectivity index (χ2n) is 5.50. The van der Waals surface area contributed by atoms with Gasteiger partial charge in [0.1, 0.15) is 0 Å². The molecule has 0 heterocycles. The summed E-state index contributed by atoms with van der Waals surface area (Å²) in [7, 11) is 0. The Kier molecular flexibility index (Phi) is 2.36. The largest absolute Gasteiger partial charge is 0.484 e. The Morgan fingerprint density at radius 2 is 1.44 bits per heavy atom. The fourth-order valence-corrected chi connectivity index (χ4v) is 3.87. The summed E-state index contributed by atoms with van der Waals surface area (Å²) in [4.78, 5) is 0. The lowest BCUT2D eigenvalue weighted by atomic mass is 9.23. The van der Waals surface area contributed by atoms with Crippen molar-refractivity contribution in [2.75, 3.05) is 0 Å². The molecule has 0 nitrogen and oxygen atoms in total. The number of benzene rings is 1. The molecule has 0 aromatic heterocycles. The summed E-state index contributed by atoms with van der Waals surface area (Å²) in [5.41, 5.74) is 0.138. The van der Waals surface area contributed by atoms with Crippen molar-refractivity contribution >= 4 is 30.2 Å². The van der Waals surface area contributed by atoms with Crippen molar-refractivity contribution in [2.45, 2.75) is 30.0 Å². The fraction of sp³-hybridized carbons (Fsp3) is 0.455. The highest BCUT2D eigenvalue weighted by atomic mass is 35.5. The Balaban J connectivity index is 1.89. The van der Waals surface area contributed by atoms with Crippen LogP contribution in [0.1, 0.15) is 24.8 Å². The topological polar surface area (TPSA) is 0 Å². The van der Waals surface area contributed by atoms with Crippen LogP contribution in [0, 0.1) is 5.82 Å². The molecule has 0 atom stereocenters. The van der Waals surface area contributed by atoms with Crippen LogP contribution in [0.15, 0.2) is 12.1 Å². The van der Waals surface area contributed by atoms with E-state index in [1.807, 2.05) is 0 Å². The van der Waals surface area contributed by atoms with Gasteiger partial charge in [-0.2, -0.15) is 0 Å². The summed E-state index contributed by atoms with van der Waals surface area (Å²) >= 11 is 11.3. The number of halogens is 6. The van der Waals surface area contributed by atoms with Gasteiger partial charge in [-0.25, -0.2) is 4.39 Å². The van der Waals surface area contributed by atoms with Crippen LogP contribution in [0.3, 0.4) is 0 Å². The van der Waals surface area contributed by atoms with E-state index in [9.17, 15) is 17.3 Å². The van der Waals surface area contributed by atoms with Gasteiger partial charge in [-0.15, -0.1) is 0 Å². The van der Waals surface area contributed by atoms with Crippen molar-refractivity contribution in [3.63, 3.8) is 0 Å². The van der Waals surface area contributed by atoms with Crippen LogP contribution < -0.4 is 0 Å². The third-order valence-electron chi connectivity index (χ3n) is 4.36. The van der Waals surface area contributed by atoms with E-state index in [1.54, 1.807) is 0 Å². The molecule has 2 bridgehead atoms. The molecule has 3 fully saturated rings. The summed E-state index contributed by atoms with van der Waals surface area (Å²) < 4.78 is 51.6. The SMILES string of the molecule is Fc1c(Cl)cc(C23CC([B-](F)(F)F)(C2)C3)cc1Cl. The molecular weight excluding hydrogens is 290 g/mol. The summed E-state index contributed by atoms with van der Waals surface area (Å²) in [6, 6.07) is 2.80. The molecule has 3 aliphatic rings. The average Bonchev–Trinajstić information content (AvgIpc) is 2.06. The lowest BCUT2D eigenvalue weighted by molar-refractivity contribution is -0.0400. The molecule has 0 amide bonds. The molecule has 0 saturated heterocycles. The molecule has 0 unspecified atom stereocenters. The molecule has 0 N–H and O–H groups in total. The highest BCUT2D eigenvalue weighted by molar-refractivity contribution is 6.63. The van der Waals surface area contributed by atoms with E-state index in [2.05, 4.69) is 0 Å². The predicted octanol–water partition coefficient (Wildman–Crippen LogP) is 5.16. The van der Waals surface area contributed by atoms with Gasteiger partial charge in [0.15, 0.2) is 5.82 Å². The molecule has 1 aromatic carbocycles. The summed E-state index contributed by atoms with van der Waals surface area (Å²) in [5.74, 6) is -0.719. The third-order valence-corrected chi connectivity index (χ3v) is 4.91. The maximum atomic E-state index is 13.3. The second kappa shape index (κ2) is 3.37. The van der Waals surface area contributed by atoms with Gasteiger partial charge in [-0.05, 0) is 23.1 Å². The highest BCUT2D eigenvalue weighted by Crippen LogP contribution is 2.82. The Morgan fingerprint density at radius 1 is 1.00 bits per heavy atom. The van der Waals surface area contributed by atoms with E-state index in [4.69, 9.17) is 23.2 Å². The Hall–Kier alpha value is -0.415. The van der Waals surface area contributed by atoms with Gasteiger partial charge in [0.25, 0.3) is 0 Å². The molecule has 18 heavy (non-hydrogen) atoms. The van der Waals surface area contributed by atoms with Gasteiger partial charge in [-0.1, -0.05) is 47.8 Å². The minimum absolute atomic E-state index is 0.0851. The average molecular weight is 298 g/mol. The van der Waals surface area contributed by atoms with Crippen molar-refractivity contribution in [1.29, 1.82) is 0 Å². The molecule has 3 saturated carbocycles. The molecule has 3 aliphatic carbocycles. The van der Waals surface area contributed by atoms with Gasteiger partial charge in [0, 0.05) is 0 Å². The number of hydrogen-bond donors (Lipinski definition) is 0. The Bertz CT molecular complexity index is 498. The van der Waals surface area contributed by atoms with Crippen LogP contribution in [-0.2, 0) is 5.41 Å². The van der Waals surface area contributed by atoms with Crippen molar-refractivity contribution in [3.8, 4) is 0 Å². The zero-order valence-electron chi connectivity index (χ0n) is 9.12. The maximum absolute atomic E-state index is 13.3. The van der Waals surface area contributed by atoms with Crippen molar-refractivity contribution < 1.29 is 17.3 Å². The third kappa shape index (κ3) is 1.40. The minimum Gasteiger partial charge on any atom is -0.449 e. The zero-order chi connectivity index (χ0) is 13.3. The van der Waals surface area contributed by atoms with Gasteiger partial charge >= 0.3 is 6.98 Å². The van der Waals surface area contributed by atoms with E-state index in [-0.39, 0.29) is 29.3 Å². The number of hydrogen-bond acceptors (Lipinski definition) is 0. The van der Waals surface area contributed by atoms with Gasteiger partial charge in [0.05, 0.1) is 10.0 Å². The zero-order valence-corrected chi connectivity index (χ0v) is 10.6. The van der Waals surface area contributed by atoms with Crippen LogP contribution in [-0.4, -0.2) is 6.98 Å². The molecule has 7 heteroatoms. The standard InChI is InChI=1S/C11H8BCl2F4/c13-7-1-6(2-8(14)9(7)15)10-3-11(4-10,5-10)12(16,17)18/h1-2H,3-5H2/q-1. The molecule has 0 spiro atoms. The first-order valence-corrected chi connectivity index (χ1v) is 6.29. The first kappa shape index (κ1) is 12.6. The van der Waals surface area contributed by atoms with E-state index >= 15 is 0 Å². The minimum atomic E-state index is -4.80. The molecule has 0 aliphatic heterocycles. The van der Waals surface area contributed by atoms with E-state index in [0.717, 1.165) is 0 Å². The first-order chi connectivity index (χ1) is 8.19. The quantitative estimate of drug-likeness (QED) is 0.402. The maximum Gasteiger partial charge on any atom is 0.484 e. The molecule has 98 valence electrons. The smallest absolute Gasteiger partial charge is 0.449 e. The fourth-order valence-electron chi connectivity index (χ4n) is 3.38. The lowest BCUT2D eigenvalue weighted by Crippen LogP contribution is -2.67. The van der Waals surface area contributed by atoms with Crippen LogP contribution in [0.2, 0.25) is 15.4 Å². The summed E-state index contributed by atoms with van der Waals surface area (Å²) in [5, 5.41) is -1.73. The summed E-state index contributed by atoms with van der Waals surface area (Å²) in [6.45, 7) is -4.80. The van der Waals surface area contributed by atoms with Crippen LogP contribution in [0.4, 0.5) is 17.3 Å². The van der Waals surface area contributed by atoms with Crippen LogP contribution >= 0.6 is 23.2 Å². The lowest BCUT2D eigenvalue weighted by Gasteiger charge is -2.75. The second-order valence-corrected chi connectivity index (χ2v) is 6.32. The van der Waals surface area contributed by atoms with Gasteiger partial charge in [0.2, 0.25) is 0 Å². The first-order valence-electron chi connectivity index (χ1n) is 5.54.